The molecule has 2 N–H and O–H groups in total. The number of rotatable bonds is 6. The van der Waals surface area contributed by atoms with Crippen molar-refractivity contribution in [2.45, 2.75) is 33.1 Å². The predicted molar refractivity (Wildman–Crippen MR) is 121 cm³/mol. The molecular weight excluding hydrogens is 358 g/mol. The molecule has 1 aromatic heterocycles. The third-order valence-corrected chi connectivity index (χ3v) is 5.87. The lowest BCUT2D eigenvalue weighted by atomic mass is 9.95. The number of aromatic nitrogens is 1. The molecule has 0 saturated heterocycles. The standard InChI is InChI=1S/C25H29N3O/c1-3-12-27-13-10-19(11-14-27)23-17-28(26)24-9-8-21(16-22(23)24)25(29)20-7-5-6-18(4-2)15-20/h5-10,15-17H,3-4,11-14,26H2,1-2H3. The number of ketones is 1. The summed E-state index contributed by atoms with van der Waals surface area (Å²) in [6.07, 6.45) is 7.42. The summed E-state index contributed by atoms with van der Waals surface area (Å²) in [5, 5.41) is 1.06. The van der Waals surface area contributed by atoms with Crippen molar-refractivity contribution in [1.29, 1.82) is 0 Å². The average Bonchev–Trinajstić information content (AvgIpc) is 3.10. The number of nitrogen functional groups attached to an aromatic ring is 1. The second-order valence-corrected chi connectivity index (χ2v) is 7.84. The van der Waals surface area contributed by atoms with Gasteiger partial charge in [0.15, 0.2) is 5.78 Å². The zero-order valence-corrected chi connectivity index (χ0v) is 17.3. The minimum absolute atomic E-state index is 0.0599. The normalized spacial score (nSPS) is 14.9. The molecule has 2 aromatic carbocycles. The molecule has 0 radical (unpaired) electrons. The van der Waals surface area contributed by atoms with E-state index in [1.165, 1.54) is 17.6 Å². The quantitative estimate of drug-likeness (QED) is 0.495. The van der Waals surface area contributed by atoms with Gasteiger partial charge in [-0.25, -0.2) is 0 Å². The van der Waals surface area contributed by atoms with Crippen LogP contribution in [0.2, 0.25) is 0 Å². The maximum Gasteiger partial charge on any atom is 0.193 e. The number of nitrogens with two attached hydrogens (primary N) is 1. The van der Waals surface area contributed by atoms with Gasteiger partial charge in [0.25, 0.3) is 0 Å². The lowest BCUT2D eigenvalue weighted by Crippen LogP contribution is -2.29. The van der Waals surface area contributed by atoms with Crippen LogP contribution in [0.25, 0.3) is 16.5 Å². The van der Waals surface area contributed by atoms with Gasteiger partial charge < -0.3 is 5.84 Å². The number of hydrogen-bond acceptors (Lipinski definition) is 3. The number of hydrogen-bond donors (Lipinski definition) is 1. The van der Waals surface area contributed by atoms with E-state index in [4.69, 9.17) is 5.84 Å². The molecule has 4 heteroatoms. The Kier molecular flexibility index (Phi) is 5.54. The number of benzene rings is 2. The van der Waals surface area contributed by atoms with Crippen LogP contribution in [0.1, 0.15) is 53.7 Å². The summed E-state index contributed by atoms with van der Waals surface area (Å²) in [6.45, 7) is 7.50. The molecule has 3 aromatic rings. The van der Waals surface area contributed by atoms with Crippen LogP contribution in [0.15, 0.2) is 54.7 Å². The van der Waals surface area contributed by atoms with Crippen molar-refractivity contribution in [2.75, 3.05) is 25.5 Å². The van der Waals surface area contributed by atoms with Gasteiger partial charge in [-0.1, -0.05) is 38.1 Å². The van der Waals surface area contributed by atoms with Crippen molar-refractivity contribution < 1.29 is 4.79 Å². The van der Waals surface area contributed by atoms with Crippen molar-refractivity contribution in [1.82, 2.24) is 9.58 Å². The van der Waals surface area contributed by atoms with E-state index < -0.39 is 0 Å². The van der Waals surface area contributed by atoms with E-state index in [-0.39, 0.29) is 5.78 Å². The number of aryl methyl sites for hydroxylation is 1. The van der Waals surface area contributed by atoms with E-state index in [9.17, 15) is 4.79 Å². The minimum atomic E-state index is 0.0599. The van der Waals surface area contributed by atoms with E-state index in [0.717, 1.165) is 54.5 Å². The van der Waals surface area contributed by atoms with Gasteiger partial charge in [-0.05, 0) is 61.2 Å². The number of nitrogens with zero attached hydrogens (tertiary/aromatic N) is 2. The minimum Gasteiger partial charge on any atom is -0.339 e. The zero-order valence-electron chi connectivity index (χ0n) is 17.3. The van der Waals surface area contributed by atoms with Crippen LogP contribution >= 0.6 is 0 Å². The average molecular weight is 388 g/mol. The molecule has 4 nitrogen and oxygen atoms in total. The fourth-order valence-corrected chi connectivity index (χ4v) is 4.23. The number of carbonyl (C=O) groups is 1. The molecule has 2 heterocycles. The summed E-state index contributed by atoms with van der Waals surface area (Å²) < 4.78 is 1.68. The third-order valence-electron chi connectivity index (χ3n) is 5.87. The molecule has 29 heavy (non-hydrogen) atoms. The van der Waals surface area contributed by atoms with E-state index in [2.05, 4.69) is 30.9 Å². The van der Waals surface area contributed by atoms with Gasteiger partial charge in [0.05, 0.1) is 5.52 Å². The first-order valence-corrected chi connectivity index (χ1v) is 10.6. The fraction of sp³-hybridized carbons (Fsp3) is 0.320. The van der Waals surface area contributed by atoms with Gasteiger partial charge in [0.2, 0.25) is 0 Å². The Hall–Kier alpha value is -2.85. The molecule has 0 bridgehead atoms. The molecule has 1 aliphatic heterocycles. The molecule has 150 valence electrons. The monoisotopic (exact) mass is 387 g/mol. The molecule has 0 spiro atoms. The molecule has 0 fully saturated rings. The first kappa shape index (κ1) is 19.5. The Morgan fingerprint density at radius 2 is 1.93 bits per heavy atom. The smallest absolute Gasteiger partial charge is 0.193 e. The SMILES string of the molecule is CCCN1CC=C(c2cn(N)c3ccc(C(=O)c4cccc(CC)c4)cc23)CC1. The molecule has 0 aliphatic carbocycles. The highest BCUT2D eigenvalue weighted by molar-refractivity contribution is 6.11. The van der Waals surface area contributed by atoms with Crippen molar-refractivity contribution in [3.63, 3.8) is 0 Å². The van der Waals surface area contributed by atoms with Crippen LogP contribution in [-0.4, -0.2) is 35.0 Å². The molecule has 0 unspecified atom stereocenters. The van der Waals surface area contributed by atoms with Crippen LogP contribution in [0.5, 0.6) is 0 Å². The lowest BCUT2D eigenvalue weighted by Gasteiger charge is -2.25. The highest BCUT2D eigenvalue weighted by Gasteiger charge is 2.18. The van der Waals surface area contributed by atoms with Crippen LogP contribution in [0.3, 0.4) is 0 Å². The van der Waals surface area contributed by atoms with Crippen LogP contribution < -0.4 is 5.84 Å². The Bertz CT molecular complexity index is 1080. The van der Waals surface area contributed by atoms with Gasteiger partial charge in [0.1, 0.15) is 0 Å². The van der Waals surface area contributed by atoms with Crippen molar-refractivity contribution in [3.8, 4) is 0 Å². The van der Waals surface area contributed by atoms with Crippen molar-refractivity contribution >= 4 is 22.3 Å². The number of fused-ring (bicyclic) bond motifs is 1. The van der Waals surface area contributed by atoms with Gasteiger partial charge in [-0.2, -0.15) is 0 Å². The van der Waals surface area contributed by atoms with Crippen molar-refractivity contribution in [3.05, 3.63) is 77.0 Å². The Morgan fingerprint density at radius 3 is 2.66 bits per heavy atom. The molecule has 0 amide bonds. The highest BCUT2D eigenvalue weighted by atomic mass is 16.1. The lowest BCUT2D eigenvalue weighted by molar-refractivity contribution is 0.103. The second kappa shape index (κ2) is 8.26. The summed E-state index contributed by atoms with van der Waals surface area (Å²) in [7, 11) is 0. The molecule has 0 atom stereocenters. The van der Waals surface area contributed by atoms with Crippen LogP contribution in [-0.2, 0) is 6.42 Å². The van der Waals surface area contributed by atoms with Crippen molar-refractivity contribution in [2.24, 2.45) is 0 Å². The van der Waals surface area contributed by atoms with Gasteiger partial charge >= 0.3 is 0 Å². The summed E-state index contributed by atoms with van der Waals surface area (Å²) in [6, 6.07) is 13.8. The van der Waals surface area contributed by atoms with Gasteiger partial charge in [0, 0.05) is 41.4 Å². The Morgan fingerprint density at radius 1 is 1.10 bits per heavy atom. The first-order chi connectivity index (χ1) is 14.1. The maximum absolute atomic E-state index is 13.1. The van der Waals surface area contributed by atoms with Gasteiger partial charge in [-0.3, -0.25) is 14.4 Å². The Labute approximate surface area is 172 Å². The van der Waals surface area contributed by atoms with Gasteiger partial charge in [-0.15, -0.1) is 0 Å². The molecule has 4 rings (SSSR count). The summed E-state index contributed by atoms with van der Waals surface area (Å²) in [5.74, 6) is 6.29. The summed E-state index contributed by atoms with van der Waals surface area (Å²) in [5.41, 5.74) is 6.05. The summed E-state index contributed by atoms with van der Waals surface area (Å²) in [4.78, 5) is 15.6. The molecule has 1 aliphatic rings. The highest BCUT2D eigenvalue weighted by Crippen LogP contribution is 2.31. The largest absolute Gasteiger partial charge is 0.339 e. The topological polar surface area (TPSA) is 51.3 Å². The Balaban J connectivity index is 1.70. The van der Waals surface area contributed by atoms with Crippen LogP contribution in [0.4, 0.5) is 0 Å². The van der Waals surface area contributed by atoms with E-state index >= 15 is 0 Å². The predicted octanol–water partition coefficient (Wildman–Crippen LogP) is 4.65. The molecular formula is C25H29N3O. The molecule has 0 saturated carbocycles. The second-order valence-electron chi connectivity index (χ2n) is 7.84. The number of carbonyl (C=O) groups excluding carboxylic acids is 1. The first-order valence-electron chi connectivity index (χ1n) is 10.6. The summed E-state index contributed by atoms with van der Waals surface area (Å²) >= 11 is 0. The van der Waals surface area contributed by atoms with E-state index in [1.807, 2.05) is 42.6 Å². The third kappa shape index (κ3) is 3.85. The maximum atomic E-state index is 13.1. The van der Waals surface area contributed by atoms with E-state index in [1.54, 1.807) is 4.68 Å². The zero-order chi connectivity index (χ0) is 20.4. The van der Waals surface area contributed by atoms with E-state index in [0.29, 0.717) is 5.56 Å². The fourth-order valence-electron chi connectivity index (χ4n) is 4.23. The van der Waals surface area contributed by atoms with Crippen LogP contribution in [0, 0.1) is 0 Å².